The number of fused-ring (bicyclic) bond motifs is 1. The van der Waals surface area contributed by atoms with Crippen LogP contribution in [0.25, 0.3) is 11.0 Å². The van der Waals surface area contributed by atoms with Gasteiger partial charge in [0.25, 0.3) is 11.1 Å². The molecule has 0 spiro atoms. The molecule has 0 bridgehead atoms. The molecule has 1 atom stereocenters. The van der Waals surface area contributed by atoms with Crippen LogP contribution in [0.15, 0.2) is 40.2 Å². The van der Waals surface area contributed by atoms with E-state index in [1.807, 2.05) is 6.07 Å². The SMILES string of the molecule is Cn1c(=O)cc(Nc2ccc(I)cc2Cl)c2c(=O)n(CC(O)CO)cnc21. The van der Waals surface area contributed by atoms with Crippen LogP contribution in [0.2, 0.25) is 5.02 Å². The predicted molar refractivity (Wildman–Crippen MR) is 112 cm³/mol. The van der Waals surface area contributed by atoms with Crippen LogP contribution >= 0.6 is 34.2 Å². The van der Waals surface area contributed by atoms with E-state index in [1.54, 1.807) is 12.1 Å². The van der Waals surface area contributed by atoms with Crippen molar-refractivity contribution >= 4 is 56.6 Å². The molecule has 0 aliphatic rings. The van der Waals surface area contributed by atoms with Crippen molar-refractivity contribution in [2.45, 2.75) is 12.6 Å². The second kappa shape index (κ2) is 7.97. The number of aromatic nitrogens is 3. The number of nitrogens with one attached hydrogen (secondary N) is 1. The van der Waals surface area contributed by atoms with Crippen LogP contribution in [0.3, 0.4) is 0 Å². The summed E-state index contributed by atoms with van der Waals surface area (Å²) in [6.45, 7) is -0.605. The highest BCUT2D eigenvalue weighted by Gasteiger charge is 2.16. The van der Waals surface area contributed by atoms with Crippen molar-refractivity contribution < 1.29 is 10.2 Å². The highest BCUT2D eigenvalue weighted by molar-refractivity contribution is 14.1. The van der Waals surface area contributed by atoms with Gasteiger partial charge in [-0.3, -0.25) is 18.7 Å². The number of halogens is 2. The third-order valence-corrected chi connectivity index (χ3v) is 5.01. The van der Waals surface area contributed by atoms with Crippen LogP contribution in [0.4, 0.5) is 11.4 Å². The van der Waals surface area contributed by atoms with Crippen molar-refractivity contribution in [1.29, 1.82) is 0 Å². The maximum atomic E-state index is 12.9. The van der Waals surface area contributed by atoms with Gasteiger partial charge in [-0.1, -0.05) is 11.6 Å². The lowest BCUT2D eigenvalue weighted by atomic mass is 10.2. The largest absolute Gasteiger partial charge is 0.394 e. The topological polar surface area (TPSA) is 109 Å². The minimum Gasteiger partial charge on any atom is -0.394 e. The van der Waals surface area contributed by atoms with Crippen molar-refractivity contribution in [3.8, 4) is 0 Å². The number of hydrogen-bond donors (Lipinski definition) is 3. The van der Waals surface area contributed by atoms with E-state index in [0.717, 1.165) is 3.57 Å². The molecule has 8 nitrogen and oxygen atoms in total. The summed E-state index contributed by atoms with van der Waals surface area (Å²) in [6.07, 6.45) is 0.140. The molecule has 3 rings (SSSR count). The number of rotatable bonds is 5. The Bertz CT molecular complexity index is 1130. The van der Waals surface area contributed by atoms with Crippen molar-refractivity contribution in [3.05, 3.63) is 59.9 Å². The molecule has 1 unspecified atom stereocenters. The van der Waals surface area contributed by atoms with E-state index in [4.69, 9.17) is 16.7 Å². The fourth-order valence-electron chi connectivity index (χ4n) is 2.62. The molecule has 142 valence electrons. The highest BCUT2D eigenvalue weighted by Crippen LogP contribution is 2.28. The number of nitrogens with zero attached hydrogens (tertiary/aromatic N) is 3. The third kappa shape index (κ3) is 4.00. The van der Waals surface area contributed by atoms with Gasteiger partial charge in [0, 0.05) is 16.7 Å². The quantitative estimate of drug-likeness (QED) is 0.456. The number of aliphatic hydroxyl groups is 2. The molecule has 0 aliphatic heterocycles. The Morgan fingerprint density at radius 3 is 2.70 bits per heavy atom. The van der Waals surface area contributed by atoms with Crippen LogP contribution in [0.1, 0.15) is 0 Å². The smallest absolute Gasteiger partial charge is 0.264 e. The van der Waals surface area contributed by atoms with Gasteiger partial charge in [-0.25, -0.2) is 4.98 Å². The molecule has 27 heavy (non-hydrogen) atoms. The molecule has 0 aliphatic carbocycles. The third-order valence-electron chi connectivity index (χ3n) is 4.02. The van der Waals surface area contributed by atoms with Gasteiger partial charge in [-0.15, -0.1) is 0 Å². The minimum atomic E-state index is -1.10. The van der Waals surface area contributed by atoms with Crippen LogP contribution < -0.4 is 16.4 Å². The van der Waals surface area contributed by atoms with Gasteiger partial charge in [-0.05, 0) is 40.8 Å². The molecular formula is C17H16ClIN4O4. The van der Waals surface area contributed by atoms with E-state index in [2.05, 4.69) is 32.9 Å². The number of aliphatic hydroxyl groups excluding tert-OH is 2. The first-order chi connectivity index (χ1) is 12.8. The predicted octanol–water partition coefficient (Wildman–Crippen LogP) is 1.45. The molecule has 0 radical (unpaired) electrons. The number of hydrogen-bond acceptors (Lipinski definition) is 6. The van der Waals surface area contributed by atoms with E-state index in [9.17, 15) is 14.7 Å². The van der Waals surface area contributed by atoms with Crippen molar-refractivity contribution in [2.24, 2.45) is 7.05 Å². The lowest BCUT2D eigenvalue weighted by Gasteiger charge is -2.15. The zero-order valence-corrected chi connectivity index (χ0v) is 17.1. The van der Waals surface area contributed by atoms with Gasteiger partial charge < -0.3 is 15.5 Å². The van der Waals surface area contributed by atoms with Gasteiger partial charge in [-0.2, -0.15) is 0 Å². The van der Waals surface area contributed by atoms with Gasteiger partial charge in [0.05, 0.1) is 42.0 Å². The van der Waals surface area contributed by atoms with E-state index >= 15 is 0 Å². The molecule has 0 saturated heterocycles. The monoisotopic (exact) mass is 502 g/mol. The summed E-state index contributed by atoms with van der Waals surface area (Å²) in [5.41, 5.74) is 0.212. The van der Waals surface area contributed by atoms with E-state index in [1.165, 1.54) is 28.6 Å². The summed E-state index contributed by atoms with van der Waals surface area (Å²) in [4.78, 5) is 29.4. The zero-order chi connectivity index (χ0) is 19.7. The first kappa shape index (κ1) is 19.8. The van der Waals surface area contributed by atoms with E-state index in [-0.39, 0.29) is 28.8 Å². The van der Waals surface area contributed by atoms with Crippen LogP contribution in [0.5, 0.6) is 0 Å². The van der Waals surface area contributed by atoms with Gasteiger partial charge in [0.2, 0.25) is 0 Å². The molecular weight excluding hydrogens is 487 g/mol. The molecule has 10 heteroatoms. The number of aryl methyl sites for hydroxylation is 1. The lowest BCUT2D eigenvalue weighted by molar-refractivity contribution is 0.0802. The zero-order valence-electron chi connectivity index (χ0n) is 14.2. The average molecular weight is 503 g/mol. The number of pyridine rings is 1. The van der Waals surface area contributed by atoms with E-state index in [0.29, 0.717) is 10.7 Å². The van der Waals surface area contributed by atoms with Crippen LogP contribution in [0, 0.1) is 3.57 Å². The molecule has 2 heterocycles. The maximum absolute atomic E-state index is 12.9. The summed E-state index contributed by atoms with van der Waals surface area (Å²) >= 11 is 8.38. The lowest BCUT2D eigenvalue weighted by Crippen LogP contribution is -2.31. The Kier molecular flexibility index (Phi) is 5.84. The molecule has 3 N–H and O–H groups in total. The molecule has 1 aromatic carbocycles. The fraction of sp³-hybridized carbons (Fsp3) is 0.235. The van der Waals surface area contributed by atoms with Gasteiger partial charge in [0.15, 0.2) is 5.65 Å². The second-order valence-corrected chi connectivity index (χ2v) is 7.59. The summed E-state index contributed by atoms with van der Waals surface area (Å²) < 4.78 is 3.40. The molecule has 0 fully saturated rings. The molecule has 0 amide bonds. The summed E-state index contributed by atoms with van der Waals surface area (Å²) in [5.74, 6) is 0. The van der Waals surface area contributed by atoms with Crippen LogP contribution in [-0.2, 0) is 13.6 Å². The van der Waals surface area contributed by atoms with Crippen molar-refractivity contribution in [1.82, 2.24) is 14.1 Å². The summed E-state index contributed by atoms with van der Waals surface area (Å²) in [6, 6.07) is 6.64. The average Bonchev–Trinajstić information content (AvgIpc) is 2.63. The summed E-state index contributed by atoms with van der Waals surface area (Å²) in [7, 11) is 1.52. The highest BCUT2D eigenvalue weighted by atomic mass is 127. The van der Waals surface area contributed by atoms with E-state index < -0.39 is 18.3 Å². The first-order valence-electron chi connectivity index (χ1n) is 7.92. The fourth-order valence-corrected chi connectivity index (χ4v) is 3.52. The molecule has 3 aromatic rings. The number of benzene rings is 1. The Morgan fingerprint density at radius 1 is 1.30 bits per heavy atom. The Hall–Kier alpha value is -1.95. The molecule has 0 saturated carbocycles. The minimum absolute atomic E-state index is 0.120. The first-order valence-corrected chi connectivity index (χ1v) is 9.37. The Labute approximate surface area is 172 Å². The van der Waals surface area contributed by atoms with Crippen LogP contribution in [-0.4, -0.2) is 37.0 Å². The second-order valence-electron chi connectivity index (χ2n) is 5.94. The maximum Gasteiger partial charge on any atom is 0.264 e. The van der Waals surface area contributed by atoms with Gasteiger partial charge >= 0.3 is 0 Å². The van der Waals surface area contributed by atoms with Gasteiger partial charge in [0.1, 0.15) is 5.39 Å². The Morgan fingerprint density at radius 2 is 2.04 bits per heavy atom. The standard InChI is InChI=1S/C17H16ClIN4O4/c1-22-14(26)5-13(21-12-3-2-9(19)4-11(12)18)15-16(22)20-8-23(17(15)27)6-10(25)7-24/h2-5,8,10,21,24-25H,6-7H2,1H3. The molecule has 2 aromatic heterocycles. The number of anilines is 2. The summed E-state index contributed by atoms with van der Waals surface area (Å²) in [5, 5.41) is 22.3. The van der Waals surface area contributed by atoms with Crippen molar-refractivity contribution in [3.63, 3.8) is 0 Å². The van der Waals surface area contributed by atoms with Crippen molar-refractivity contribution in [2.75, 3.05) is 11.9 Å². The normalized spacial score (nSPS) is 12.3. The Balaban J connectivity index is 2.21.